The molecule has 2 aliphatic heterocycles. The van der Waals surface area contributed by atoms with Crippen molar-refractivity contribution in [1.82, 2.24) is 36.7 Å². The fourth-order valence-electron chi connectivity index (χ4n) is 7.60. The highest BCUT2D eigenvalue weighted by molar-refractivity contribution is 5.87. The van der Waals surface area contributed by atoms with Crippen LogP contribution < -0.4 is 26.6 Å². The molecule has 2 saturated heterocycles. The van der Waals surface area contributed by atoms with Crippen molar-refractivity contribution in [3.05, 3.63) is 12.2 Å². The fraction of sp³-hybridized carbons (Fsp3) is 0.783. The second-order valence-corrected chi connectivity index (χ2v) is 17.9. The normalized spacial score (nSPS) is 24.8. The number of nitrogens with zero attached hydrogens (tertiary/aromatic N) is 2. The quantitative estimate of drug-likeness (QED) is 0.00826. The van der Waals surface area contributed by atoms with Crippen molar-refractivity contribution in [2.45, 2.75) is 172 Å². The minimum atomic E-state index is -2.56. The lowest BCUT2D eigenvalue weighted by Crippen LogP contribution is -2.73. The van der Waals surface area contributed by atoms with Gasteiger partial charge in [-0.25, -0.2) is 14.9 Å². The first-order valence-electron chi connectivity index (χ1n) is 24.4. The molecule has 2 aliphatic rings. The lowest BCUT2D eigenvalue weighted by atomic mass is 9.89. The first-order chi connectivity index (χ1) is 34.0. The second-order valence-electron chi connectivity index (χ2n) is 17.9. The number of esters is 1. The molecule has 0 spiro atoms. The number of hydroxylamine groups is 4. The molecule has 0 aromatic carbocycles. The molecule has 5 unspecified atom stereocenters. The third-order valence-corrected chi connectivity index (χ3v) is 11.8. The van der Waals surface area contributed by atoms with Crippen molar-refractivity contribution in [1.29, 1.82) is 0 Å². The zero-order valence-electron chi connectivity index (χ0n) is 42.1. The zero-order chi connectivity index (χ0) is 54.0. The third-order valence-electron chi connectivity index (χ3n) is 11.8. The van der Waals surface area contributed by atoms with Gasteiger partial charge >= 0.3 is 5.97 Å². The highest BCUT2D eigenvalue weighted by atomic mass is 16.7. The van der Waals surface area contributed by atoms with Gasteiger partial charge in [-0.05, 0) is 65.3 Å². The van der Waals surface area contributed by atoms with Crippen molar-refractivity contribution in [2.75, 3.05) is 59.5 Å². The van der Waals surface area contributed by atoms with E-state index in [1.54, 1.807) is 0 Å². The van der Waals surface area contributed by atoms with Gasteiger partial charge in [0, 0.05) is 91.4 Å². The van der Waals surface area contributed by atoms with E-state index >= 15 is 0 Å². The monoisotopic (exact) mass is 1030 g/mol. The van der Waals surface area contributed by atoms with Crippen LogP contribution in [0.3, 0.4) is 0 Å². The largest absolute Gasteiger partial charge is 0.462 e. The number of nitrogens with one attached hydrogen (secondary N) is 5. The molecule has 0 radical (unpaired) electrons. The molecule has 6 amide bonds. The lowest BCUT2D eigenvalue weighted by Gasteiger charge is -2.51. The number of ketones is 1. The predicted octanol–water partition coefficient (Wildman–Crippen LogP) is -2.04. The minimum Gasteiger partial charge on any atom is -0.462 e. The van der Waals surface area contributed by atoms with Crippen LogP contribution in [0.1, 0.15) is 111 Å². The molecule has 72 heavy (non-hydrogen) atoms. The molecule has 0 bridgehead atoms. The minimum absolute atomic E-state index is 0.00936. The van der Waals surface area contributed by atoms with E-state index in [0.717, 1.165) is 14.0 Å². The third kappa shape index (κ3) is 22.2. The molecule has 26 nitrogen and oxygen atoms in total. The summed E-state index contributed by atoms with van der Waals surface area (Å²) in [5.74, 6) is -6.64. The van der Waals surface area contributed by atoms with Gasteiger partial charge in [0.25, 0.3) is 0 Å². The average Bonchev–Trinajstić information content (AvgIpc) is 3.33. The molecule has 2 heterocycles. The number of Topliss-reactive ketones (excluding diaryl/α,β-unsaturated/α-hetero) is 1. The van der Waals surface area contributed by atoms with Crippen molar-refractivity contribution >= 4 is 47.2 Å². The van der Waals surface area contributed by atoms with Crippen molar-refractivity contribution in [2.24, 2.45) is 0 Å². The van der Waals surface area contributed by atoms with Crippen LogP contribution in [0.15, 0.2) is 12.2 Å². The Morgan fingerprint density at radius 2 is 1.22 bits per heavy atom. The number of carbonyl (C=O) groups excluding carboxylic acids is 8. The van der Waals surface area contributed by atoms with Gasteiger partial charge in [0.15, 0.2) is 12.1 Å². The maximum atomic E-state index is 13.6. The van der Waals surface area contributed by atoms with Crippen LogP contribution in [0.4, 0.5) is 0 Å². The number of hydrogen-bond donors (Lipinski definition) is 11. The van der Waals surface area contributed by atoms with Crippen molar-refractivity contribution in [3.8, 4) is 0 Å². The van der Waals surface area contributed by atoms with Gasteiger partial charge in [-0.1, -0.05) is 13.0 Å². The summed E-state index contributed by atoms with van der Waals surface area (Å²) < 4.78 is 28.2. The molecule has 26 heteroatoms. The number of carbonyl (C=O) groups is 8. The van der Waals surface area contributed by atoms with Crippen LogP contribution in [0.25, 0.3) is 0 Å². The molecule has 2 rings (SSSR count). The number of ether oxygens (including phenoxy) is 5. The Kier molecular flexibility index (Phi) is 29.2. The molecule has 0 saturated carbocycles. The SMILES string of the molecule is C=C(C)C(=O)OCCC1O[C@@H](O[C@@H]2C(C(=O)CNCCCCCN(O)C(=O)CCC(=O)NCCCCCN(O)C(=O)CCC(=O)NCCCCNC(C)=O)OC(C)C(O)[C@H]2O)C(NC(C)=O)[C@@](O)(OC)[C@@H]1O. The summed E-state index contributed by atoms with van der Waals surface area (Å²) in [7, 11) is 1.05. The number of aliphatic hydroxyl groups excluding tert-OH is 3. The highest BCUT2D eigenvalue weighted by Crippen LogP contribution is 2.35. The molecule has 412 valence electrons. The fourth-order valence-corrected chi connectivity index (χ4v) is 7.60. The molecular formula is C46H79N7O19. The van der Waals surface area contributed by atoms with Crippen LogP contribution in [-0.2, 0) is 62.0 Å². The standard InChI is InChI=1S/C46H79N7O19/c1-28(2)44(64)69-26-19-33-43(63)46(65,68-6)42(51-31(5)55)45(71-33)72-41-39(62)38(61)29(3)70-40(41)32(56)27-47-20-9-7-13-24-52(66)36(59)17-15-34(57)49-22-10-8-14-25-53(67)37(60)18-16-35(58)50-23-12-11-21-48-30(4)54/h29,33,38-43,45,47,61-63,65-67H,1,7-27H2,2-6H3,(H,48,54)(H,49,57)(H,50,58)(H,51,55)/t29?,33?,38?,39-,40?,41+,42?,43-,45+,46-/m1/s1. The van der Waals surface area contributed by atoms with Gasteiger partial charge in [0.1, 0.15) is 36.6 Å². The predicted molar refractivity (Wildman–Crippen MR) is 251 cm³/mol. The van der Waals surface area contributed by atoms with E-state index in [-0.39, 0.29) is 75.7 Å². The molecule has 0 aromatic rings. The number of methoxy groups -OCH3 is 1. The van der Waals surface area contributed by atoms with Gasteiger partial charge in [0.2, 0.25) is 41.2 Å². The summed E-state index contributed by atoms with van der Waals surface area (Å²) in [4.78, 5) is 97.4. The van der Waals surface area contributed by atoms with E-state index < -0.39 is 96.2 Å². The maximum absolute atomic E-state index is 13.6. The lowest BCUT2D eigenvalue weighted by molar-refractivity contribution is -0.377. The first-order valence-corrected chi connectivity index (χ1v) is 24.4. The molecule has 11 N–H and O–H groups in total. The average molecular weight is 1030 g/mol. The van der Waals surface area contributed by atoms with Gasteiger partial charge in [-0.2, -0.15) is 0 Å². The molecule has 0 aromatic heterocycles. The summed E-state index contributed by atoms with van der Waals surface area (Å²) in [5.41, 5.74) is 0.112. The number of unbranched alkanes of at least 4 members (excludes halogenated alkanes) is 5. The Morgan fingerprint density at radius 3 is 1.74 bits per heavy atom. The van der Waals surface area contributed by atoms with Gasteiger partial charge < -0.3 is 70.7 Å². The van der Waals surface area contributed by atoms with E-state index in [2.05, 4.69) is 33.2 Å². The number of rotatable bonds is 34. The Balaban J connectivity index is 1.72. The highest BCUT2D eigenvalue weighted by Gasteiger charge is 2.59. The summed E-state index contributed by atoms with van der Waals surface area (Å²) >= 11 is 0. The van der Waals surface area contributed by atoms with Crippen LogP contribution in [-0.4, -0.2) is 209 Å². The van der Waals surface area contributed by atoms with E-state index in [1.807, 2.05) is 0 Å². The van der Waals surface area contributed by atoms with Crippen molar-refractivity contribution in [3.63, 3.8) is 0 Å². The van der Waals surface area contributed by atoms with E-state index in [1.165, 1.54) is 20.8 Å². The number of amides is 6. The topological polar surface area (TPSA) is 371 Å². The Labute approximate surface area is 419 Å². The second kappa shape index (κ2) is 33.2. The summed E-state index contributed by atoms with van der Waals surface area (Å²) in [6.07, 6.45) is -8.83. The molecule has 0 aliphatic carbocycles. The summed E-state index contributed by atoms with van der Waals surface area (Å²) in [5, 5.41) is 79.2. The smallest absolute Gasteiger partial charge is 0.333 e. The van der Waals surface area contributed by atoms with E-state index in [9.17, 15) is 69.2 Å². The van der Waals surface area contributed by atoms with Crippen molar-refractivity contribution < 1.29 is 92.9 Å². The number of hydrogen-bond acceptors (Lipinski definition) is 20. The molecular weight excluding hydrogens is 955 g/mol. The summed E-state index contributed by atoms with van der Waals surface area (Å²) in [6, 6.07) is -1.65. The van der Waals surface area contributed by atoms with Crippen LogP contribution in [0.5, 0.6) is 0 Å². The van der Waals surface area contributed by atoms with E-state index in [4.69, 9.17) is 23.7 Å². The first kappa shape index (κ1) is 63.4. The molecule has 10 atom stereocenters. The Hall–Kier alpha value is -4.74. The Bertz CT molecular complexity index is 1780. The summed E-state index contributed by atoms with van der Waals surface area (Å²) in [6.45, 7) is 9.89. The van der Waals surface area contributed by atoms with Crippen LogP contribution >= 0.6 is 0 Å². The zero-order valence-corrected chi connectivity index (χ0v) is 42.1. The molecule has 2 fully saturated rings. The van der Waals surface area contributed by atoms with E-state index in [0.29, 0.717) is 87.7 Å². The van der Waals surface area contributed by atoms with Crippen LogP contribution in [0.2, 0.25) is 0 Å². The number of aliphatic hydroxyl groups is 4. The maximum Gasteiger partial charge on any atom is 0.333 e. The van der Waals surface area contributed by atoms with Crippen LogP contribution in [0, 0.1) is 0 Å². The van der Waals surface area contributed by atoms with Gasteiger partial charge in [-0.3, -0.25) is 44.0 Å². The Morgan fingerprint density at radius 1 is 0.694 bits per heavy atom. The van der Waals surface area contributed by atoms with Gasteiger partial charge in [0.05, 0.1) is 25.4 Å². The van der Waals surface area contributed by atoms with Gasteiger partial charge in [-0.15, -0.1) is 0 Å².